The van der Waals surface area contributed by atoms with E-state index in [0.717, 1.165) is 11.3 Å². The largest absolute Gasteiger partial charge is 0.469 e. The molecular weight excluding hydrogens is 503 g/mol. The molecule has 1 aromatic heterocycles. The summed E-state index contributed by atoms with van der Waals surface area (Å²) in [4.78, 5) is 17.8. The van der Waals surface area contributed by atoms with Gasteiger partial charge in [-0.3, -0.25) is 24.5 Å². The van der Waals surface area contributed by atoms with Crippen LogP contribution >= 0.6 is 34.9 Å². The maximum Gasteiger partial charge on any atom is 0.308 e. The number of nitrogens with one attached hydrogen (secondary N) is 4. The molecule has 13 heteroatoms. The van der Waals surface area contributed by atoms with Gasteiger partial charge in [0.25, 0.3) is 11.3 Å². The van der Waals surface area contributed by atoms with E-state index in [9.17, 15) is 9.00 Å². The van der Waals surface area contributed by atoms with Gasteiger partial charge in [0.1, 0.15) is 5.37 Å². The number of nitrogens with zero attached hydrogens (tertiary/aromatic N) is 1. The molecule has 4 rings (SSSR count). The number of benzene rings is 1. The predicted molar refractivity (Wildman–Crippen MR) is 136 cm³/mol. The smallest absolute Gasteiger partial charge is 0.308 e. The van der Waals surface area contributed by atoms with E-state index in [0.29, 0.717) is 17.3 Å². The Morgan fingerprint density at radius 3 is 2.85 bits per heavy atom. The number of hydrazine groups is 1. The number of ether oxygens (including phenoxy) is 1. The average molecular weight is 526 g/mol. The molecule has 3 unspecified atom stereocenters. The maximum atomic E-state index is 11.6. The molecule has 0 amide bonds. The Bertz CT molecular complexity index is 1050. The van der Waals surface area contributed by atoms with Crippen molar-refractivity contribution < 1.29 is 18.3 Å². The quantitative estimate of drug-likeness (QED) is 0.248. The van der Waals surface area contributed by atoms with Crippen molar-refractivity contribution in [2.75, 3.05) is 11.8 Å². The maximum absolute atomic E-state index is 11.6. The number of hydrogen-bond donors (Lipinski definition) is 5. The summed E-state index contributed by atoms with van der Waals surface area (Å²) >= 11 is 2.77. The average Bonchev–Trinajstić information content (AvgIpc) is 3.56. The van der Waals surface area contributed by atoms with Gasteiger partial charge in [0.05, 0.1) is 24.9 Å². The first-order valence-corrected chi connectivity index (χ1v) is 13.8. The lowest BCUT2D eigenvalue weighted by atomic mass is 10.0. The Balaban J connectivity index is 1.49. The third-order valence-electron chi connectivity index (χ3n) is 4.82. The zero-order valence-corrected chi connectivity index (χ0v) is 20.8. The summed E-state index contributed by atoms with van der Waals surface area (Å²) in [5.41, 5.74) is 8.75. The van der Waals surface area contributed by atoms with Gasteiger partial charge in [0.15, 0.2) is 5.17 Å². The minimum absolute atomic E-state index is 0.152. The fraction of sp³-hybridized carbons (Fsp3) is 0.300. The van der Waals surface area contributed by atoms with Gasteiger partial charge in [0, 0.05) is 22.7 Å². The second kappa shape index (κ2) is 11.4. The summed E-state index contributed by atoms with van der Waals surface area (Å²) < 4.78 is 27.2. The molecule has 1 saturated heterocycles. The van der Waals surface area contributed by atoms with E-state index in [1.54, 1.807) is 35.2 Å². The van der Waals surface area contributed by atoms with E-state index in [-0.39, 0.29) is 29.2 Å². The summed E-state index contributed by atoms with van der Waals surface area (Å²) in [6.07, 6.45) is 0.863. The summed E-state index contributed by atoms with van der Waals surface area (Å²) in [5.74, 6) is -0.285. The van der Waals surface area contributed by atoms with E-state index < -0.39 is 11.3 Å². The zero-order valence-electron chi connectivity index (χ0n) is 17.5. The van der Waals surface area contributed by atoms with E-state index >= 15 is 0 Å². The van der Waals surface area contributed by atoms with Gasteiger partial charge in [-0.25, -0.2) is 9.63 Å². The summed E-state index contributed by atoms with van der Waals surface area (Å²) in [6.45, 7) is 0. The number of hydrogen-bond acceptors (Lipinski definition) is 9. The van der Waals surface area contributed by atoms with Crippen molar-refractivity contribution >= 4 is 63.0 Å². The van der Waals surface area contributed by atoms with Gasteiger partial charge < -0.3 is 10.1 Å². The van der Waals surface area contributed by atoms with Gasteiger partial charge in [-0.1, -0.05) is 30.0 Å². The fourth-order valence-electron chi connectivity index (χ4n) is 3.24. The number of carbonyl (C=O) groups excluding carboxylic acids is 1. The lowest BCUT2D eigenvalue weighted by Gasteiger charge is -2.18. The van der Waals surface area contributed by atoms with E-state index in [4.69, 9.17) is 14.3 Å². The van der Waals surface area contributed by atoms with Crippen molar-refractivity contribution in [1.29, 1.82) is 0 Å². The first kappa shape index (κ1) is 24.1. The highest BCUT2D eigenvalue weighted by atomic mass is 32.2. The van der Waals surface area contributed by atoms with Crippen LogP contribution < -0.4 is 20.9 Å². The minimum Gasteiger partial charge on any atom is -0.469 e. The highest BCUT2D eigenvalue weighted by Crippen LogP contribution is 2.38. The van der Waals surface area contributed by atoms with Crippen molar-refractivity contribution in [2.45, 2.75) is 29.6 Å². The van der Waals surface area contributed by atoms with E-state index in [1.807, 2.05) is 18.2 Å². The molecule has 4 atom stereocenters. The number of thiophene rings is 1. The van der Waals surface area contributed by atoms with Crippen LogP contribution in [0.2, 0.25) is 0 Å². The van der Waals surface area contributed by atoms with Crippen LogP contribution in [0.25, 0.3) is 0 Å². The van der Waals surface area contributed by atoms with Gasteiger partial charge in [0.2, 0.25) is 0 Å². The monoisotopic (exact) mass is 525 g/mol. The van der Waals surface area contributed by atoms with E-state index in [2.05, 4.69) is 37.7 Å². The predicted octanol–water partition coefficient (Wildman–Crippen LogP) is 3.17. The fourth-order valence-corrected chi connectivity index (χ4v) is 6.40. The van der Waals surface area contributed by atoms with Crippen LogP contribution in [0, 0.1) is 0 Å². The van der Waals surface area contributed by atoms with Crippen LogP contribution in [0.4, 0.5) is 5.69 Å². The Labute approximate surface area is 206 Å². The molecule has 1 fully saturated rings. The number of carbonyl (C=O) groups is 1. The normalized spacial score (nSPS) is 22.8. The number of methoxy groups -OCH3 is 1. The molecule has 2 aromatic rings. The van der Waals surface area contributed by atoms with E-state index in [1.165, 1.54) is 23.7 Å². The molecule has 176 valence electrons. The Hall–Kier alpha value is -2.03. The second-order valence-corrected chi connectivity index (χ2v) is 11.0. The van der Waals surface area contributed by atoms with Crippen LogP contribution in [-0.2, 0) is 27.2 Å². The number of esters is 1. The zero-order chi connectivity index (χ0) is 23.2. The third-order valence-corrected chi connectivity index (χ3v) is 8.35. The van der Waals surface area contributed by atoms with Crippen molar-refractivity contribution in [3.05, 3.63) is 63.3 Å². The van der Waals surface area contributed by atoms with Crippen molar-refractivity contribution in [1.82, 2.24) is 16.2 Å². The van der Waals surface area contributed by atoms with Gasteiger partial charge in [-0.2, -0.15) is 0 Å². The van der Waals surface area contributed by atoms with Crippen molar-refractivity contribution in [2.24, 2.45) is 4.99 Å². The molecule has 0 bridgehead atoms. The molecular formula is C20H23N5O4S4. The van der Waals surface area contributed by atoms with Crippen LogP contribution in [0.5, 0.6) is 0 Å². The molecule has 0 aliphatic carbocycles. The summed E-state index contributed by atoms with van der Waals surface area (Å²) in [6, 6.07) is 11.3. The summed E-state index contributed by atoms with van der Waals surface area (Å²) in [5, 5.41) is 8.47. The second-order valence-electron chi connectivity index (χ2n) is 7.11. The van der Waals surface area contributed by atoms with Gasteiger partial charge in [-0.05, 0) is 34.6 Å². The molecule has 1 aromatic carbocycles. The number of thioether (sulfide) groups is 2. The van der Waals surface area contributed by atoms with Gasteiger partial charge >= 0.3 is 5.97 Å². The highest BCUT2D eigenvalue weighted by Gasteiger charge is 2.28. The lowest BCUT2D eigenvalue weighted by Crippen LogP contribution is -2.33. The molecule has 33 heavy (non-hydrogen) atoms. The molecule has 0 saturated carbocycles. The number of anilines is 1. The Morgan fingerprint density at radius 2 is 2.15 bits per heavy atom. The highest BCUT2D eigenvalue weighted by molar-refractivity contribution is 8.14. The number of amidine groups is 1. The number of aliphatic imine (C=N–C) groups is 1. The first-order chi connectivity index (χ1) is 16.0. The SMILES string of the molecule is COC(=O)CC1NNC(=N[C@@H](Cc2ccc(NS(=O)O)cc2)C2=CSC(c3cccs3)N2)S1. The third kappa shape index (κ3) is 6.74. The molecule has 3 heterocycles. The Kier molecular flexibility index (Phi) is 8.33. The van der Waals surface area contributed by atoms with Crippen molar-refractivity contribution in [3.63, 3.8) is 0 Å². The number of rotatable bonds is 9. The molecule has 2 aliphatic heterocycles. The van der Waals surface area contributed by atoms with Gasteiger partial charge in [-0.15, -0.1) is 23.1 Å². The minimum atomic E-state index is -2.11. The van der Waals surface area contributed by atoms with Crippen LogP contribution in [0.15, 0.2) is 57.9 Å². The van der Waals surface area contributed by atoms with Crippen molar-refractivity contribution in [3.8, 4) is 0 Å². The van der Waals surface area contributed by atoms with Crippen LogP contribution in [-0.4, -0.2) is 38.4 Å². The molecule has 0 radical (unpaired) electrons. The molecule has 2 aliphatic rings. The molecule has 5 N–H and O–H groups in total. The molecule has 9 nitrogen and oxygen atoms in total. The standard InChI is InChI=1S/C20H23N5O4S4/c1-29-18(26)10-17-23-24-20(32-17)22-14(9-12-4-6-13(7-5-12)25-33(27)28)15-11-31-19(21-15)16-3-2-8-30-16/h2-8,11,14,17,19,21,23,25H,9-10H2,1H3,(H,22,24)(H,27,28)/t14-,17?,19?/m0/s1. The summed E-state index contributed by atoms with van der Waals surface area (Å²) in [7, 11) is 1.37. The first-order valence-electron chi connectivity index (χ1n) is 9.95. The molecule has 0 spiro atoms. The van der Waals surface area contributed by atoms with Crippen LogP contribution in [0.1, 0.15) is 22.2 Å². The topological polar surface area (TPSA) is 124 Å². The Morgan fingerprint density at radius 1 is 1.33 bits per heavy atom. The van der Waals surface area contributed by atoms with Crippen LogP contribution in [0.3, 0.4) is 0 Å². The lowest BCUT2D eigenvalue weighted by molar-refractivity contribution is -0.140.